The number of rotatable bonds is 1. The Morgan fingerprint density at radius 3 is 2.50 bits per heavy atom. The van der Waals surface area contributed by atoms with E-state index in [0.717, 1.165) is 23.7 Å². The Kier molecular flexibility index (Phi) is 3.65. The van der Waals surface area contributed by atoms with E-state index in [1.165, 1.54) is 11.1 Å². The molecule has 102 valence electrons. The molecule has 5 heteroatoms. The number of phenols is 1. The number of nitrogens with one attached hydrogen (secondary N) is 1. The van der Waals surface area contributed by atoms with E-state index >= 15 is 0 Å². The Bertz CT molecular complexity index is 785. The van der Waals surface area contributed by atoms with Gasteiger partial charge in [0, 0.05) is 3.57 Å². The molecule has 1 aromatic heterocycles. The van der Waals surface area contributed by atoms with Gasteiger partial charge in [-0.1, -0.05) is 0 Å². The highest BCUT2D eigenvalue weighted by Crippen LogP contribution is 2.34. The molecule has 20 heavy (non-hydrogen) atoms. The van der Waals surface area contributed by atoms with Gasteiger partial charge >= 0.3 is 0 Å². The second-order valence-electron chi connectivity index (χ2n) is 4.82. The van der Waals surface area contributed by atoms with Gasteiger partial charge in [0.15, 0.2) is 0 Å². The summed E-state index contributed by atoms with van der Waals surface area (Å²) in [6.07, 6.45) is 0. The first-order valence-corrected chi connectivity index (χ1v) is 8.27. The van der Waals surface area contributed by atoms with Crippen molar-refractivity contribution in [3.63, 3.8) is 0 Å². The van der Waals surface area contributed by atoms with E-state index in [1.54, 1.807) is 0 Å². The van der Waals surface area contributed by atoms with Crippen molar-refractivity contribution in [3.05, 3.63) is 42.5 Å². The quantitative estimate of drug-likeness (QED) is 0.484. The third-order valence-corrected chi connectivity index (χ3v) is 4.83. The fourth-order valence-electron chi connectivity index (χ4n) is 2.14. The molecule has 0 fully saturated rings. The monoisotopic (exact) mass is 490 g/mol. The molecule has 0 aliphatic rings. The summed E-state index contributed by atoms with van der Waals surface area (Å²) in [5, 5.41) is 10.2. The molecular weight excluding hydrogens is 478 g/mol. The predicted octanol–water partition coefficient (Wildman–Crippen LogP) is 4.76. The van der Waals surface area contributed by atoms with Gasteiger partial charge in [-0.3, -0.25) is 0 Å². The molecule has 3 nitrogen and oxygen atoms in total. The zero-order valence-corrected chi connectivity index (χ0v) is 15.3. The summed E-state index contributed by atoms with van der Waals surface area (Å²) in [6, 6.07) is 8.05. The van der Waals surface area contributed by atoms with Gasteiger partial charge in [-0.2, -0.15) is 0 Å². The average Bonchev–Trinajstić information content (AvgIpc) is 2.77. The summed E-state index contributed by atoms with van der Waals surface area (Å²) < 4.78 is 1.91. The molecule has 0 saturated heterocycles. The van der Waals surface area contributed by atoms with Crippen LogP contribution in [-0.4, -0.2) is 15.1 Å². The second-order valence-corrected chi connectivity index (χ2v) is 7.23. The summed E-state index contributed by atoms with van der Waals surface area (Å²) in [5.41, 5.74) is 5.12. The third kappa shape index (κ3) is 2.41. The van der Waals surface area contributed by atoms with Crippen LogP contribution in [0.4, 0.5) is 0 Å². The lowest BCUT2D eigenvalue weighted by atomic mass is 10.1. The Labute approximate surface area is 144 Å². The summed E-state index contributed by atoms with van der Waals surface area (Å²) in [4.78, 5) is 7.90. The van der Waals surface area contributed by atoms with E-state index in [9.17, 15) is 5.11 Å². The van der Waals surface area contributed by atoms with E-state index in [1.807, 2.05) is 12.1 Å². The minimum absolute atomic E-state index is 0.276. The van der Waals surface area contributed by atoms with E-state index in [-0.39, 0.29) is 5.75 Å². The van der Waals surface area contributed by atoms with E-state index in [2.05, 4.69) is 81.1 Å². The summed E-state index contributed by atoms with van der Waals surface area (Å²) in [5.74, 6) is 0.984. The molecule has 3 aromatic rings. The standard InChI is InChI=1S/C15H12I2N2O/c1-7-3-12-13(4-8(7)2)19-15(18-12)10-5-9(16)6-11(17)14(10)20/h3-6,20H,1-2H3,(H,18,19). The maximum Gasteiger partial charge on any atom is 0.142 e. The maximum atomic E-state index is 10.2. The second kappa shape index (κ2) is 5.18. The van der Waals surface area contributed by atoms with Crippen LogP contribution in [0.1, 0.15) is 11.1 Å². The van der Waals surface area contributed by atoms with Gasteiger partial charge in [-0.25, -0.2) is 4.98 Å². The largest absolute Gasteiger partial charge is 0.506 e. The first-order valence-electron chi connectivity index (χ1n) is 6.11. The van der Waals surface area contributed by atoms with Crippen molar-refractivity contribution in [1.82, 2.24) is 9.97 Å². The van der Waals surface area contributed by atoms with Crippen LogP contribution in [0.5, 0.6) is 5.75 Å². The maximum absolute atomic E-state index is 10.2. The topological polar surface area (TPSA) is 48.9 Å². The Balaban J connectivity index is 2.25. The van der Waals surface area contributed by atoms with Gasteiger partial charge in [0.05, 0.1) is 20.2 Å². The first-order chi connectivity index (χ1) is 9.45. The SMILES string of the molecule is Cc1cc2nc(-c3cc(I)cc(I)c3O)[nH]c2cc1C. The smallest absolute Gasteiger partial charge is 0.142 e. The highest BCUT2D eigenvalue weighted by Gasteiger charge is 2.13. The summed E-state index contributed by atoms with van der Waals surface area (Å²) in [7, 11) is 0. The molecule has 0 bridgehead atoms. The Morgan fingerprint density at radius 1 is 1.05 bits per heavy atom. The number of aromatic hydroxyl groups is 1. The number of phenolic OH excluding ortho intramolecular Hbond substituents is 1. The van der Waals surface area contributed by atoms with Crippen molar-refractivity contribution >= 4 is 56.2 Å². The van der Waals surface area contributed by atoms with E-state index in [0.29, 0.717) is 5.82 Å². The zero-order valence-electron chi connectivity index (χ0n) is 11.0. The molecule has 2 aromatic carbocycles. The minimum Gasteiger partial charge on any atom is -0.506 e. The average molecular weight is 490 g/mol. The van der Waals surface area contributed by atoms with Crippen LogP contribution in [0, 0.1) is 21.0 Å². The van der Waals surface area contributed by atoms with Crippen LogP contribution in [0.2, 0.25) is 0 Å². The summed E-state index contributed by atoms with van der Waals surface area (Å²) in [6.45, 7) is 4.16. The normalized spacial score (nSPS) is 11.2. The fourth-order valence-corrected chi connectivity index (χ4v) is 3.99. The number of aromatic nitrogens is 2. The van der Waals surface area contributed by atoms with Gasteiger partial charge in [-0.15, -0.1) is 0 Å². The number of halogens is 2. The third-order valence-electron chi connectivity index (χ3n) is 3.38. The van der Waals surface area contributed by atoms with Gasteiger partial charge in [0.1, 0.15) is 11.6 Å². The number of benzene rings is 2. The molecule has 0 atom stereocenters. The number of hydrogen-bond donors (Lipinski definition) is 2. The minimum atomic E-state index is 0.276. The number of aryl methyl sites for hydroxylation is 2. The lowest BCUT2D eigenvalue weighted by Gasteiger charge is -2.04. The van der Waals surface area contributed by atoms with Crippen LogP contribution < -0.4 is 0 Å². The van der Waals surface area contributed by atoms with Crippen molar-refractivity contribution in [2.45, 2.75) is 13.8 Å². The molecule has 0 amide bonds. The Hall–Kier alpha value is -0.830. The van der Waals surface area contributed by atoms with Crippen molar-refractivity contribution in [2.75, 3.05) is 0 Å². The lowest BCUT2D eigenvalue weighted by Crippen LogP contribution is -1.86. The van der Waals surface area contributed by atoms with E-state index in [4.69, 9.17) is 0 Å². The van der Waals surface area contributed by atoms with Gasteiger partial charge in [-0.05, 0) is 94.4 Å². The van der Waals surface area contributed by atoms with Crippen LogP contribution >= 0.6 is 45.2 Å². The number of H-pyrrole nitrogens is 1. The van der Waals surface area contributed by atoms with Crippen LogP contribution in [-0.2, 0) is 0 Å². The molecule has 1 heterocycles. The first kappa shape index (κ1) is 14.1. The van der Waals surface area contributed by atoms with Crippen molar-refractivity contribution in [2.24, 2.45) is 0 Å². The highest BCUT2D eigenvalue weighted by molar-refractivity contribution is 14.1. The Morgan fingerprint density at radius 2 is 1.75 bits per heavy atom. The molecule has 0 unspecified atom stereocenters. The number of nitrogens with zero attached hydrogens (tertiary/aromatic N) is 1. The van der Waals surface area contributed by atoms with Crippen molar-refractivity contribution in [1.29, 1.82) is 0 Å². The zero-order chi connectivity index (χ0) is 14.4. The molecular formula is C15H12I2N2O. The van der Waals surface area contributed by atoms with Gasteiger partial charge in [0.25, 0.3) is 0 Å². The molecule has 3 rings (SSSR count). The summed E-state index contributed by atoms with van der Waals surface area (Å²) >= 11 is 4.38. The number of hydrogen-bond acceptors (Lipinski definition) is 2. The predicted molar refractivity (Wildman–Crippen MR) is 98.1 cm³/mol. The lowest BCUT2D eigenvalue weighted by molar-refractivity contribution is 0.473. The number of aromatic amines is 1. The van der Waals surface area contributed by atoms with E-state index < -0.39 is 0 Å². The van der Waals surface area contributed by atoms with Crippen LogP contribution in [0.25, 0.3) is 22.4 Å². The van der Waals surface area contributed by atoms with Crippen molar-refractivity contribution < 1.29 is 5.11 Å². The molecule has 2 N–H and O–H groups in total. The fraction of sp³-hybridized carbons (Fsp3) is 0.133. The number of imidazole rings is 1. The highest BCUT2D eigenvalue weighted by atomic mass is 127. The molecule has 0 spiro atoms. The molecule has 0 radical (unpaired) electrons. The molecule has 0 aliphatic heterocycles. The van der Waals surface area contributed by atoms with Crippen LogP contribution in [0.15, 0.2) is 24.3 Å². The molecule has 0 saturated carbocycles. The van der Waals surface area contributed by atoms with Crippen LogP contribution in [0.3, 0.4) is 0 Å². The van der Waals surface area contributed by atoms with Gasteiger partial charge in [0.2, 0.25) is 0 Å². The number of fused-ring (bicyclic) bond motifs is 1. The molecule has 0 aliphatic carbocycles. The van der Waals surface area contributed by atoms with Crippen molar-refractivity contribution in [3.8, 4) is 17.1 Å². The van der Waals surface area contributed by atoms with Gasteiger partial charge < -0.3 is 10.1 Å².